The van der Waals surface area contributed by atoms with Crippen LogP contribution in [0.4, 0.5) is 0 Å². The molecule has 0 bridgehead atoms. The number of halogens is 1. The highest BCUT2D eigenvalue weighted by Gasteiger charge is 2.09. The van der Waals surface area contributed by atoms with E-state index in [4.69, 9.17) is 4.74 Å². The number of hydrogen-bond donors (Lipinski definition) is 0. The molecule has 1 aliphatic rings. The van der Waals surface area contributed by atoms with Crippen molar-refractivity contribution in [3.63, 3.8) is 0 Å². The summed E-state index contributed by atoms with van der Waals surface area (Å²) in [5.74, 6) is 0. The lowest BCUT2D eigenvalue weighted by Gasteiger charge is -1.94. The predicted octanol–water partition coefficient (Wildman–Crippen LogP) is 2.32. The van der Waals surface area contributed by atoms with E-state index in [-0.39, 0.29) is 0 Å². The summed E-state index contributed by atoms with van der Waals surface area (Å²) < 4.78 is 6.56. The van der Waals surface area contributed by atoms with Gasteiger partial charge in [0.1, 0.15) is 0 Å². The van der Waals surface area contributed by atoms with E-state index >= 15 is 0 Å². The first-order valence-electron chi connectivity index (χ1n) is 3.21. The summed E-state index contributed by atoms with van der Waals surface area (Å²) in [7, 11) is 0. The minimum Gasteiger partial charge on any atom is -0.372 e. The van der Waals surface area contributed by atoms with Gasteiger partial charge < -0.3 is 4.74 Å². The SMILES string of the molecule is Ic1ccc2c(c1)COC2. The molecule has 0 unspecified atom stereocenters. The number of ether oxygens (including phenoxy) is 1. The van der Waals surface area contributed by atoms with Crippen LogP contribution in [0.5, 0.6) is 0 Å². The Bertz CT molecular complexity index is 257. The fraction of sp³-hybridized carbons (Fsp3) is 0.250. The first kappa shape index (κ1) is 6.61. The van der Waals surface area contributed by atoms with Crippen LogP contribution in [0.15, 0.2) is 18.2 Å². The molecule has 1 heterocycles. The number of benzene rings is 1. The molecular formula is C8H7IO. The topological polar surface area (TPSA) is 9.23 Å². The Morgan fingerprint density at radius 2 is 2.00 bits per heavy atom. The van der Waals surface area contributed by atoms with E-state index in [1.54, 1.807) is 0 Å². The Kier molecular flexibility index (Phi) is 1.66. The number of hydrogen-bond acceptors (Lipinski definition) is 1. The Hall–Kier alpha value is -0.0900. The molecule has 0 fully saturated rings. The molecule has 2 rings (SSSR count). The molecule has 0 N–H and O–H groups in total. The van der Waals surface area contributed by atoms with Gasteiger partial charge in [-0.2, -0.15) is 0 Å². The van der Waals surface area contributed by atoms with Gasteiger partial charge in [0, 0.05) is 3.57 Å². The number of rotatable bonds is 0. The van der Waals surface area contributed by atoms with Crippen LogP contribution in [0.3, 0.4) is 0 Å². The van der Waals surface area contributed by atoms with Crippen LogP contribution in [0.2, 0.25) is 0 Å². The molecule has 0 aliphatic carbocycles. The van der Waals surface area contributed by atoms with Gasteiger partial charge in [0.25, 0.3) is 0 Å². The second-order valence-electron chi connectivity index (χ2n) is 2.41. The van der Waals surface area contributed by atoms with Gasteiger partial charge >= 0.3 is 0 Å². The van der Waals surface area contributed by atoms with Crippen molar-refractivity contribution in [3.05, 3.63) is 32.9 Å². The van der Waals surface area contributed by atoms with E-state index in [1.165, 1.54) is 14.7 Å². The normalized spacial score (nSPS) is 15.3. The summed E-state index contributed by atoms with van der Waals surface area (Å²) in [4.78, 5) is 0. The highest BCUT2D eigenvalue weighted by atomic mass is 127. The Labute approximate surface area is 73.5 Å². The first-order chi connectivity index (χ1) is 4.86. The second kappa shape index (κ2) is 2.51. The third-order valence-electron chi connectivity index (χ3n) is 1.68. The first-order valence-corrected chi connectivity index (χ1v) is 4.29. The van der Waals surface area contributed by atoms with Crippen molar-refractivity contribution in [3.8, 4) is 0 Å². The highest BCUT2D eigenvalue weighted by Crippen LogP contribution is 2.21. The van der Waals surface area contributed by atoms with Crippen LogP contribution in [0.25, 0.3) is 0 Å². The second-order valence-corrected chi connectivity index (χ2v) is 3.65. The molecule has 0 aromatic heterocycles. The van der Waals surface area contributed by atoms with Crippen LogP contribution in [-0.4, -0.2) is 0 Å². The van der Waals surface area contributed by atoms with Gasteiger partial charge in [-0.15, -0.1) is 0 Å². The molecule has 1 nitrogen and oxygen atoms in total. The van der Waals surface area contributed by atoms with Gasteiger partial charge in [0.05, 0.1) is 13.2 Å². The van der Waals surface area contributed by atoms with Crippen molar-refractivity contribution < 1.29 is 4.74 Å². The van der Waals surface area contributed by atoms with E-state index in [0.29, 0.717) is 0 Å². The van der Waals surface area contributed by atoms with Gasteiger partial charge in [0.2, 0.25) is 0 Å². The maximum Gasteiger partial charge on any atom is 0.0725 e. The largest absolute Gasteiger partial charge is 0.372 e. The summed E-state index contributed by atoms with van der Waals surface area (Å²) in [5.41, 5.74) is 2.70. The van der Waals surface area contributed by atoms with Crippen molar-refractivity contribution in [2.75, 3.05) is 0 Å². The molecule has 1 aliphatic heterocycles. The third-order valence-corrected chi connectivity index (χ3v) is 2.35. The van der Waals surface area contributed by atoms with Crippen LogP contribution < -0.4 is 0 Å². The lowest BCUT2D eigenvalue weighted by atomic mass is 10.1. The quantitative estimate of drug-likeness (QED) is 0.638. The molecule has 1 aromatic rings. The standard InChI is InChI=1S/C8H7IO/c9-8-2-1-6-4-10-5-7(6)3-8/h1-3H,4-5H2. The molecule has 2 heteroatoms. The molecule has 0 spiro atoms. The van der Waals surface area contributed by atoms with E-state index in [2.05, 4.69) is 40.8 Å². The van der Waals surface area contributed by atoms with E-state index in [0.717, 1.165) is 13.2 Å². The summed E-state index contributed by atoms with van der Waals surface area (Å²) >= 11 is 2.32. The van der Waals surface area contributed by atoms with Crippen molar-refractivity contribution in [2.24, 2.45) is 0 Å². The van der Waals surface area contributed by atoms with Gasteiger partial charge in [-0.3, -0.25) is 0 Å². The van der Waals surface area contributed by atoms with Crippen molar-refractivity contribution >= 4 is 22.6 Å². The van der Waals surface area contributed by atoms with E-state index in [1.807, 2.05) is 0 Å². The molecule has 0 amide bonds. The zero-order valence-corrected chi connectivity index (χ0v) is 7.59. The monoisotopic (exact) mass is 246 g/mol. The Morgan fingerprint density at radius 3 is 2.90 bits per heavy atom. The maximum atomic E-state index is 5.27. The van der Waals surface area contributed by atoms with E-state index < -0.39 is 0 Å². The molecule has 52 valence electrons. The van der Waals surface area contributed by atoms with E-state index in [9.17, 15) is 0 Å². The lowest BCUT2D eigenvalue weighted by Crippen LogP contribution is -1.81. The zero-order chi connectivity index (χ0) is 6.97. The molecular weight excluding hydrogens is 239 g/mol. The molecule has 10 heavy (non-hydrogen) atoms. The summed E-state index contributed by atoms with van der Waals surface area (Å²) in [5, 5.41) is 0. The summed E-state index contributed by atoms with van der Waals surface area (Å²) in [6.07, 6.45) is 0. The van der Waals surface area contributed by atoms with Crippen molar-refractivity contribution in [2.45, 2.75) is 13.2 Å². The van der Waals surface area contributed by atoms with Gasteiger partial charge in [0.15, 0.2) is 0 Å². The Balaban J connectivity index is 2.52. The average Bonchev–Trinajstić information content (AvgIpc) is 2.33. The highest BCUT2D eigenvalue weighted by molar-refractivity contribution is 14.1. The molecule has 0 radical (unpaired) electrons. The van der Waals surface area contributed by atoms with Crippen LogP contribution >= 0.6 is 22.6 Å². The van der Waals surface area contributed by atoms with Crippen LogP contribution in [0.1, 0.15) is 11.1 Å². The van der Waals surface area contributed by atoms with Gasteiger partial charge in [-0.05, 0) is 45.9 Å². The Morgan fingerprint density at radius 1 is 1.20 bits per heavy atom. The summed E-state index contributed by atoms with van der Waals surface area (Å²) in [6, 6.07) is 6.45. The smallest absolute Gasteiger partial charge is 0.0725 e. The fourth-order valence-electron chi connectivity index (χ4n) is 1.14. The van der Waals surface area contributed by atoms with Gasteiger partial charge in [-0.25, -0.2) is 0 Å². The van der Waals surface area contributed by atoms with Crippen molar-refractivity contribution in [1.29, 1.82) is 0 Å². The lowest BCUT2D eigenvalue weighted by molar-refractivity contribution is 0.134. The minimum absolute atomic E-state index is 0.798. The average molecular weight is 246 g/mol. The molecule has 0 saturated carbocycles. The maximum absolute atomic E-state index is 5.27. The number of fused-ring (bicyclic) bond motifs is 1. The molecule has 0 saturated heterocycles. The molecule has 1 aromatic carbocycles. The summed E-state index contributed by atoms with van der Waals surface area (Å²) in [6.45, 7) is 1.60. The predicted molar refractivity (Wildman–Crippen MR) is 47.7 cm³/mol. The van der Waals surface area contributed by atoms with Gasteiger partial charge in [-0.1, -0.05) is 6.07 Å². The fourth-order valence-corrected chi connectivity index (χ4v) is 1.70. The zero-order valence-electron chi connectivity index (χ0n) is 5.43. The third kappa shape index (κ3) is 1.06. The van der Waals surface area contributed by atoms with Crippen LogP contribution in [0, 0.1) is 3.57 Å². The van der Waals surface area contributed by atoms with Crippen LogP contribution in [-0.2, 0) is 18.0 Å². The minimum atomic E-state index is 0.798. The van der Waals surface area contributed by atoms with Crippen molar-refractivity contribution in [1.82, 2.24) is 0 Å². The molecule has 0 atom stereocenters.